The van der Waals surface area contributed by atoms with Crippen molar-refractivity contribution in [1.29, 1.82) is 0 Å². The molecule has 26 heavy (non-hydrogen) atoms. The highest BCUT2D eigenvalue weighted by Gasteiger charge is 2.40. The van der Waals surface area contributed by atoms with Gasteiger partial charge in [-0.25, -0.2) is 0 Å². The second-order valence-electron chi connectivity index (χ2n) is 5.30. The molecule has 0 bridgehead atoms. The molecule has 0 fully saturated rings. The van der Waals surface area contributed by atoms with Crippen LogP contribution in [0, 0.1) is 0 Å². The van der Waals surface area contributed by atoms with Gasteiger partial charge in [-0.3, -0.25) is 19.2 Å². The summed E-state index contributed by atoms with van der Waals surface area (Å²) < 4.78 is 30.8. The van der Waals surface area contributed by atoms with Gasteiger partial charge in [-0.15, -0.1) is 0 Å². The molecule has 0 saturated heterocycles. The minimum Gasteiger partial charge on any atom is -0.462 e. The van der Waals surface area contributed by atoms with E-state index in [1.54, 1.807) is 0 Å². The Bertz CT molecular complexity index is 445. The Kier molecular flexibility index (Phi) is 11.2. The molecule has 0 rings (SSSR count). The number of carbonyl (C=O) groups is 4. The molecule has 0 heterocycles. The number of rotatable bonds is 11. The van der Waals surface area contributed by atoms with Gasteiger partial charge in [0.2, 0.25) is 0 Å². The third kappa shape index (κ3) is 9.33. The van der Waals surface area contributed by atoms with E-state index in [9.17, 15) is 19.2 Å². The fourth-order valence-corrected chi connectivity index (χ4v) is 2.21. The van der Waals surface area contributed by atoms with E-state index < -0.39 is 48.3 Å². The monoisotopic (exact) mass is 378 g/mol. The number of ether oxygens (including phenoxy) is 6. The van der Waals surface area contributed by atoms with Crippen LogP contribution in [0.15, 0.2) is 0 Å². The minimum absolute atomic E-state index is 0.298. The lowest BCUT2D eigenvalue weighted by Gasteiger charge is -2.34. The van der Waals surface area contributed by atoms with Crippen molar-refractivity contribution >= 4 is 23.9 Å². The summed E-state index contributed by atoms with van der Waals surface area (Å²) in [5, 5.41) is 0. The highest BCUT2D eigenvalue weighted by atomic mass is 16.6. The van der Waals surface area contributed by atoms with Gasteiger partial charge in [-0.2, -0.15) is 0 Å². The van der Waals surface area contributed by atoms with Gasteiger partial charge in [-0.05, 0) is 0 Å². The smallest absolute Gasteiger partial charge is 0.303 e. The molecule has 0 aromatic heterocycles. The molecule has 0 aliphatic carbocycles. The summed E-state index contributed by atoms with van der Waals surface area (Å²) in [5.74, 6) is -2.43. The van der Waals surface area contributed by atoms with E-state index in [0.29, 0.717) is 0 Å². The van der Waals surface area contributed by atoms with E-state index in [-0.39, 0.29) is 13.2 Å². The molecule has 0 N–H and O–H groups in total. The van der Waals surface area contributed by atoms with E-state index in [1.165, 1.54) is 41.9 Å². The highest BCUT2D eigenvalue weighted by molar-refractivity contribution is 5.67. The van der Waals surface area contributed by atoms with Gasteiger partial charge in [0.25, 0.3) is 0 Å². The molecule has 0 aliphatic heterocycles. The summed E-state index contributed by atoms with van der Waals surface area (Å²) in [6.45, 7) is 4.16. The average molecular weight is 378 g/mol. The molecule has 10 heteroatoms. The Morgan fingerprint density at radius 1 is 0.615 bits per heavy atom. The van der Waals surface area contributed by atoms with Gasteiger partial charge < -0.3 is 28.4 Å². The van der Waals surface area contributed by atoms with Crippen molar-refractivity contribution in [1.82, 2.24) is 0 Å². The maximum Gasteiger partial charge on any atom is 0.303 e. The van der Waals surface area contributed by atoms with Gasteiger partial charge >= 0.3 is 23.9 Å². The zero-order valence-electron chi connectivity index (χ0n) is 15.8. The Labute approximate surface area is 152 Å². The Hall–Kier alpha value is -2.20. The quantitative estimate of drug-likeness (QED) is 0.358. The minimum atomic E-state index is -1.04. The maximum atomic E-state index is 11.4. The number of carbonyl (C=O) groups excluding carboxylic acids is 4. The van der Waals surface area contributed by atoms with Crippen molar-refractivity contribution in [3.63, 3.8) is 0 Å². The summed E-state index contributed by atoms with van der Waals surface area (Å²) in [6, 6.07) is 0. The lowest BCUT2D eigenvalue weighted by molar-refractivity contribution is -0.194. The van der Waals surface area contributed by atoms with Crippen molar-refractivity contribution in [2.75, 3.05) is 27.4 Å². The van der Waals surface area contributed by atoms with Crippen LogP contribution in [0.2, 0.25) is 0 Å². The molecule has 0 aromatic rings. The van der Waals surface area contributed by atoms with E-state index in [2.05, 4.69) is 0 Å². The predicted molar refractivity (Wildman–Crippen MR) is 86.0 cm³/mol. The van der Waals surface area contributed by atoms with Crippen LogP contribution in [0.5, 0.6) is 0 Å². The molecule has 150 valence electrons. The summed E-state index contributed by atoms with van der Waals surface area (Å²) in [6.07, 6.45) is -4.05. The van der Waals surface area contributed by atoms with Gasteiger partial charge in [-0.1, -0.05) is 0 Å². The SMILES string of the molecule is CO[C@H]([C@H](OC)[C@H](COC(C)=O)OC(C)=O)[C@@H](COC(C)=O)OC(C)=O. The first kappa shape index (κ1) is 23.8. The van der Waals surface area contributed by atoms with E-state index in [1.807, 2.05) is 0 Å². The third-order valence-corrected chi connectivity index (χ3v) is 3.14. The van der Waals surface area contributed by atoms with Crippen LogP contribution in [-0.2, 0) is 47.6 Å². The average Bonchev–Trinajstić information content (AvgIpc) is 2.52. The zero-order valence-corrected chi connectivity index (χ0v) is 15.8. The van der Waals surface area contributed by atoms with Crippen molar-refractivity contribution in [3.8, 4) is 0 Å². The molecule has 0 radical (unpaired) electrons. The van der Waals surface area contributed by atoms with Gasteiger partial charge in [0, 0.05) is 41.9 Å². The highest BCUT2D eigenvalue weighted by Crippen LogP contribution is 2.18. The number of esters is 4. The second-order valence-corrected chi connectivity index (χ2v) is 5.30. The van der Waals surface area contributed by atoms with E-state index >= 15 is 0 Å². The molecule has 0 aromatic carbocycles. The number of methoxy groups -OCH3 is 2. The summed E-state index contributed by atoms with van der Waals surface area (Å²) in [7, 11) is 2.63. The number of hydrogen-bond acceptors (Lipinski definition) is 10. The zero-order chi connectivity index (χ0) is 20.3. The normalized spacial score (nSPS) is 15.2. The first-order valence-corrected chi connectivity index (χ1v) is 7.79. The van der Waals surface area contributed by atoms with Crippen LogP contribution >= 0.6 is 0 Å². The van der Waals surface area contributed by atoms with Gasteiger partial charge in [0.05, 0.1) is 0 Å². The lowest BCUT2D eigenvalue weighted by atomic mass is 10.0. The maximum absolute atomic E-state index is 11.4. The topological polar surface area (TPSA) is 124 Å². The summed E-state index contributed by atoms with van der Waals surface area (Å²) >= 11 is 0. The Balaban J connectivity index is 5.52. The molecular weight excluding hydrogens is 352 g/mol. The molecule has 4 atom stereocenters. The standard InChI is InChI=1S/C16H26O10/c1-9(17)23-7-13(25-11(3)19)15(21-5)16(22-6)14(26-12(4)20)8-24-10(2)18/h13-16H,7-8H2,1-6H3/t13-,14+,15+,16-. The summed E-state index contributed by atoms with van der Waals surface area (Å²) in [5.41, 5.74) is 0. The largest absolute Gasteiger partial charge is 0.462 e. The van der Waals surface area contributed by atoms with Crippen LogP contribution < -0.4 is 0 Å². The van der Waals surface area contributed by atoms with E-state index in [4.69, 9.17) is 28.4 Å². The number of hydrogen-bond donors (Lipinski definition) is 0. The molecule has 0 aliphatic rings. The molecule has 0 spiro atoms. The molecule has 10 nitrogen and oxygen atoms in total. The molecular formula is C16H26O10. The molecule has 0 saturated carbocycles. The first-order valence-electron chi connectivity index (χ1n) is 7.79. The van der Waals surface area contributed by atoms with Gasteiger partial charge in [0.15, 0.2) is 12.2 Å². The Morgan fingerprint density at radius 3 is 1.12 bits per heavy atom. The van der Waals surface area contributed by atoms with Crippen LogP contribution in [0.3, 0.4) is 0 Å². The summed E-state index contributed by atoms with van der Waals surface area (Å²) in [4.78, 5) is 44.9. The van der Waals surface area contributed by atoms with Crippen LogP contribution in [0.4, 0.5) is 0 Å². The van der Waals surface area contributed by atoms with Crippen LogP contribution in [0.1, 0.15) is 27.7 Å². The first-order chi connectivity index (χ1) is 12.1. The van der Waals surface area contributed by atoms with Crippen LogP contribution in [-0.4, -0.2) is 75.7 Å². The molecule has 0 amide bonds. The second kappa shape index (κ2) is 12.2. The van der Waals surface area contributed by atoms with Crippen molar-refractivity contribution in [3.05, 3.63) is 0 Å². The van der Waals surface area contributed by atoms with Gasteiger partial charge in [0.1, 0.15) is 25.4 Å². The Morgan fingerprint density at radius 2 is 0.923 bits per heavy atom. The van der Waals surface area contributed by atoms with Crippen LogP contribution in [0.25, 0.3) is 0 Å². The fourth-order valence-electron chi connectivity index (χ4n) is 2.21. The third-order valence-electron chi connectivity index (χ3n) is 3.14. The predicted octanol–water partition coefficient (Wildman–Crippen LogP) is 0.00600. The lowest BCUT2D eigenvalue weighted by Crippen LogP contribution is -2.52. The van der Waals surface area contributed by atoms with Crippen molar-refractivity contribution < 1.29 is 47.6 Å². The van der Waals surface area contributed by atoms with Crippen molar-refractivity contribution in [2.45, 2.75) is 52.1 Å². The van der Waals surface area contributed by atoms with Crippen molar-refractivity contribution in [2.24, 2.45) is 0 Å². The molecule has 0 unspecified atom stereocenters. The van der Waals surface area contributed by atoms with E-state index in [0.717, 1.165) is 0 Å². The fraction of sp³-hybridized carbons (Fsp3) is 0.750.